The highest BCUT2D eigenvalue weighted by Crippen LogP contribution is 2.58. The molecule has 0 radical (unpaired) electrons. The van der Waals surface area contributed by atoms with E-state index in [4.69, 9.17) is 0 Å². The summed E-state index contributed by atoms with van der Waals surface area (Å²) < 4.78 is 0. The maximum Gasteiger partial charge on any atom is 0.228 e. The van der Waals surface area contributed by atoms with Crippen LogP contribution in [-0.2, 0) is 4.79 Å². The van der Waals surface area contributed by atoms with Gasteiger partial charge in [-0.2, -0.15) is 5.10 Å². The number of rotatable bonds is 2. The zero-order chi connectivity index (χ0) is 14.4. The van der Waals surface area contributed by atoms with Gasteiger partial charge in [0, 0.05) is 17.0 Å². The molecule has 4 rings (SSSR count). The molecule has 2 aliphatic rings. The van der Waals surface area contributed by atoms with Crippen LogP contribution in [0.5, 0.6) is 0 Å². The monoisotopic (exact) mass is 284 g/mol. The Bertz CT molecular complexity index is 699. The fraction of sp³-hybridized carbons (Fsp3) is 0.500. The number of aromatic amines is 1. The molecular formula is C16H20N4O. The fourth-order valence-corrected chi connectivity index (χ4v) is 3.66. The third kappa shape index (κ3) is 2.12. The zero-order valence-corrected chi connectivity index (χ0v) is 12.2. The molecule has 2 aromatic rings. The number of amides is 1. The normalized spacial score (nSPS) is 23.4. The SMILES string of the molecule is Cc1cc2cn[nH]c2cc1NC(=O)C1CC12CCNCC2. The molecule has 110 valence electrons. The van der Waals surface area contributed by atoms with E-state index in [1.807, 2.05) is 13.0 Å². The minimum Gasteiger partial charge on any atom is -0.326 e. The molecule has 5 nitrogen and oxygen atoms in total. The molecule has 1 aromatic heterocycles. The van der Waals surface area contributed by atoms with Crippen LogP contribution < -0.4 is 10.6 Å². The molecule has 1 aliphatic carbocycles. The number of hydrogen-bond donors (Lipinski definition) is 3. The van der Waals surface area contributed by atoms with Crippen LogP contribution >= 0.6 is 0 Å². The summed E-state index contributed by atoms with van der Waals surface area (Å²) in [7, 11) is 0. The molecule has 1 saturated heterocycles. The van der Waals surface area contributed by atoms with Gasteiger partial charge in [0.25, 0.3) is 0 Å². The van der Waals surface area contributed by atoms with Crippen LogP contribution in [0.1, 0.15) is 24.8 Å². The van der Waals surface area contributed by atoms with Crippen LogP contribution in [0.15, 0.2) is 18.3 Å². The van der Waals surface area contributed by atoms with Gasteiger partial charge in [0.05, 0.1) is 11.7 Å². The van der Waals surface area contributed by atoms with Gasteiger partial charge in [-0.25, -0.2) is 0 Å². The first-order valence-corrected chi connectivity index (χ1v) is 7.63. The Morgan fingerprint density at radius 3 is 3.00 bits per heavy atom. The van der Waals surface area contributed by atoms with Gasteiger partial charge in [-0.05, 0) is 62.4 Å². The van der Waals surface area contributed by atoms with E-state index in [0.29, 0.717) is 0 Å². The van der Waals surface area contributed by atoms with Gasteiger partial charge in [0.1, 0.15) is 0 Å². The van der Waals surface area contributed by atoms with Gasteiger partial charge in [0.2, 0.25) is 5.91 Å². The number of aromatic nitrogens is 2. The second-order valence-corrected chi connectivity index (χ2v) is 6.48. The number of hydrogen-bond acceptors (Lipinski definition) is 3. The van der Waals surface area contributed by atoms with Gasteiger partial charge in [-0.3, -0.25) is 9.89 Å². The Hall–Kier alpha value is -1.88. The summed E-state index contributed by atoms with van der Waals surface area (Å²) in [6, 6.07) is 4.04. The highest BCUT2D eigenvalue weighted by molar-refractivity contribution is 5.97. The molecule has 1 unspecified atom stereocenters. The number of carbonyl (C=O) groups excluding carboxylic acids is 1. The molecule has 1 atom stereocenters. The van der Waals surface area contributed by atoms with E-state index in [0.717, 1.165) is 54.5 Å². The van der Waals surface area contributed by atoms with Crippen molar-refractivity contribution in [2.24, 2.45) is 11.3 Å². The molecule has 1 aliphatic heterocycles. The van der Waals surface area contributed by atoms with Crippen LogP contribution in [0, 0.1) is 18.3 Å². The van der Waals surface area contributed by atoms with Crippen LogP contribution in [0.4, 0.5) is 5.69 Å². The average Bonchev–Trinajstić information content (AvgIpc) is 2.97. The van der Waals surface area contributed by atoms with E-state index in [2.05, 4.69) is 26.9 Å². The first-order chi connectivity index (χ1) is 10.2. The molecule has 1 aromatic carbocycles. The first-order valence-electron chi connectivity index (χ1n) is 7.63. The number of carbonyl (C=O) groups is 1. The van der Waals surface area contributed by atoms with Crippen molar-refractivity contribution < 1.29 is 4.79 Å². The van der Waals surface area contributed by atoms with Crippen molar-refractivity contribution in [2.45, 2.75) is 26.2 Å². The smallest absolute Gasteiger partial charge is 0.228 e. The number of piperidine rings is 1. The Kier molecular flexibility index (Phi) is 2.79. The molecule has 1 saturated carbocycles. The number of fused-ring (bicyclic) bond motifs is 1. The molecule has 1 amide bonds. The van der Waals surface area contributed by atoms with Crippen molar-refractivity contribution in [3.63, 3.8) is 0 Å². The third-order valence-corrected chi connectivity index (χ3v) is 5.15. The van der Waals surface area contributed by atoms with Crippen molar-refractivity contribution in [3.8, 4) is 0 Å². The van der Waals surface area contributed by atoms with E-state index in [9.17, 15) is 4.79 Å². The topological polar surface area (TPSA) is 69.8 Å². The number of benzene rings is 1. The highest BCUT2D eigenvalue weighted by atomic mass is 16.2. The maximum absolute atomic E-state index is 12.5. The average molecular weight is 284 g/mol. The minimum atomic E-state index is 0.180. The lowest BCUT2D eigenvalue weighted by Gasteiger charge is -2.23. The van der Waals surface area contributed by atoms with Crippen LogP contribution in [0.25, 0.3) is 10.9 Å². The number of nitrogens with zero attached hydrogens (tertiary/aromatic N) is 1. The standard InChI is InChI=1S/C16H20N4O/c1-10-6-11-9-18-20-14(11)7-13(10)19-15(21)12-8-16(12)2-4-17-5-3-16/h6-7,9,12,17H,2-5,8H2,1H3,(H,18,20)(H,19,21). The Labute approximate surface area is 123 Å². The molecule has 1 spiro atoms. The lowest BCUT2D eigenvalue weighted by atomic mass is 9.91. The van der Waals surface area contributed by atoms with E-state index in [-0.39, 0.29) is 17.2 Å². The zero-order valence-electron chi connectivity index (χ0n) is 12.2. The van der Waals surface area contributed by atoms with Crippen molar-refractivity contribution >= 4 is 22.5 Å². The number of aryl methyl sites for hydroxylation is 1. The maximum atomic E-state index is 12.5. The summed E-state index contributed by atoms with van der Waals surface area (Å²) in [6.07, 6.45) is 5.11. The van der Waals surface area contributed by atoms with Gasteiger partial charge in [-0.1, -0.05) is 0 Å². The third-order valence-electron chi connectivity index (χ3n) is 5.15. The molecule has 3 N–H and O–H groups in total. The highest BCUT2D eigenvalue weighted by Gasteiger charge is 2.57. The summed E-state index contributed by atoms with van der Waals surface area (Å²) in [5.41, 5.74) is 3.22. The van der Waals surface area contributed by atoms with Crippen LogP contribution in [-0.4, -0.2) is 29.2 Å². The van der Waals surface area contributed by atoms with E-state index >= 15 is 0 Å². The number of anilines is 1. The van der Waals surface area contributed by atoms with Gasteiger partial charge in [-0.15, -0.1) is 0 Å². The minimum absolute atomic E-state index is 0.180. The quantitative estimate of drug-likeness (QED) is 0.792. The van der Waals surface area contributed by atoms with Crippen molar-refractivity contribution in [2.75, 3.05) is 18.4 Å². The lowest BCUT2D eigenvalue weighted by molar-refractivity contribution is -0.118. The fourth-order valence-electron chi connectivity index (χ4n) is 3.66. The second-order valence-electron chi connectivity index (χ2n) is 6.48. The Morgan fingerprint density at radius 2 is 2.19 bits per heavy atom. The van der Waals surface area contributed by atoms with E-state index in [1.165, 1.54) is 0 Å². The van der Waals surface area contributed by atoms with Crippen LogP contribution in [0.2, 0.25) is 0 Å². The predicted molar refractivity (Wildman–Crippen MR) is 82.1 cm³/mol. The summed E-state index contributed by atoms with van der Waals surface area (Å²) >= 11 is 0. The van der Waals surface area contributed by atoms with Gasteiger partial charge < -0.3 is 10.6 Å². The summed E-state index contributed by atoms with van der Waals surface area (Å²) in [5.74, 6) is 0.371. The summed E-state index contributed by atoms with van der Waals surface area (Å²) in [4.78, 5) is 12.5. The molecule has 5 heteroatoms. The summed E-state index contributed by atoms with van der Waals surface area (Å²) in [5, 5.41) is 14.6. The molecule has 2 fully saturated rings. The van der Waals surface area contributed by atoms with Crippen molar-refractivity contribution in [1.82, 2.24) is 15.5 Å². The Balaban J connectivity index is 1.52. The predicted octanol–water partition coefficient (Wildman–Crippen LogP) is 2.20. The number of H-pyrrole nitrogens is 1. The van der Waals surface area contributed by atoms with Crippen molar-refractivity contribution in [3.05, 3.63) is 23.9 Å². The number of nitrogens with one attached hydrogen (secondary N) is 3. The lowest BCUT2D eigenvalue weighted by Crippen LogP contribution is -2.31. The molecular weight excluding hydrogens is 264 g/mol. The second kappa shape index (κ2) is 4.56. The summed E-state index contributed by atoms with van der Waals surface area (Å²) in [6.45, 7) is 4.11. The van der Waals surface area contributed by atoms with Gasteiger partial charge >= 0.3 is 0 Å². The largest absolute Gasteiger partial charge is 0.326 e. The molecule has 21 heavy (non-hydrogen) atoms. The molecule has 2 heterocycles. The van der Waals surface area contributed by atoms with Crippen LogP contribution in [0.3, 0.4) is 0 Å². The van der Waals surface area contributed by atoms with Crippen molar-refractivity contribution in [1.29, 1.82) is 0 Å². The van der Waals surface area contributed by atoms with Gasteiger partial charge in [0.15, 0.2) is 0 Å². The first kappa shape index (κ1) is 12.8. The molecule has 0 bridgehead atoms. The Morgan fingerprint density at radius 1 is 1.38 bits per heavy atom. The van der Waals surface area contributed by atoms with E-state index < -0.39 is 0 Å². The van der Waals surface area contributed by atoms with E-state index in [1.54, 1.807) is 6.20 Å².